The lowest BCUT2D eigenvalue weighted by molar-refractivity contribution is -0.124. The SMILES string of the molecule is CCNC(=O)[C@H]1CCN(c2ccc(Cn3cc(C(=O)NCc4cc(Cl)ccc4-n4cnnn4)cn3)c(C)n2)C1. The first-order chi connectivity index (χ1) is 18.9. The van der Waals surface area contributed by atoms with Crippen LogP contribution in [0.5, 0.6) is 0 Å². The summed E-state index contributed by atoms with van der Waals surface area (Å²) in [4.78, 5) is 32.0. The highest BCUT2D eigenvalue weighted by Gasteiger charge is 2.28. The summed E-state index contributed by atoms with van der Waals surface area (Å²) in [6.07, 6.45) is 5.55. The molecule has 0 bridgehead atoms. The first kappa shape index (κ1) is 26.3. The van der Waals surface area contributed by atoms with Gasteiger partial charge < -0.3 is 15.5 Å². The van der Waals surface area contributed by atoms with E-state index in [9.17, 15) is 9.59 Å². The predicted octanol–water partition coefficient (Wildman–Crippen LogP) is 2.16. The van der Waals surface area contributed by atoms with Crippen molar-refractivity contribution >= 4 is 29.2 Å². The third-order valence-corrected chi connectivity index (χ3v) is 6.95. The maximum Gasteiger partial charge on any atom is 0.254 e. The lowest BCUT2D eigenvalue weighted by Gasteiger charge is -2.19. The van der Waals surface area contributed by atoms with E-state index in [1.165, 1.54) is 11.0 Å². The molecule has 4 aromatic rings. The zero-order valence-corrected chi connectivity index (χ0v) is 22.5. The van der Waals surface area contributed by atoms with E-state index in [4.69, 9.17) is 16.6 Å². The average Bonchev–Trinajstić information content (AvgIpc) is 3.71. The van der Waals surface area contributed by atoms with Crippen molar-refractivity contribution in [1.29, 1.82) is 0 Å². The molecule has 5 rings (SSSR count). The zero-order chi connectivity index (χ0) is 27.4. The van der Waals surface area contributed by atoms with Gasteiger partial charge in [-0.1, -0.05) is 17.7 Å². The van der Waals surface area contributed by atoms with Crippen LogP contribution < -0.4 is 15.5 Å². The van der Waals surface area contributed by atoms with Gasteiger partial charge in [0.2, 0.25) is 5.91 Å². The van der Waals surface area contributed by atoms with Crippen molar-refractivity contribution in [1.82, 2.24) is 45.6 Å². The summed E-state index contributed by atoms with van der Waals surface area (Å²) in [5.41, 5.74) is 3.81. The number of rotatable bonds is 9. The van der Waals surface area contributed by atoms with E-state index in [0.29, 0.717) is 30.2 Å². The Labute approximate surface area is 230 Å². The number of anilines is 1. The van der Waals surface area contributed by atoms with Gasteiger partial charge >= 0.3 is 0 Å². The van der Waals surface area contributed by atoms with Crippen molar-refractivity contribution in [3.05, 3.63) is 76.5 Å². The number of pyridine rings is 1. The van der Waals surface area contributed by atoms with Crippen molar-refractivity contribution in [3.8, 4) is 5.69 Å². The van der Waals surface area contributed by atoms with E-state index in [0.717, 1.165) is 41.3 Å². The summed E-state index contributed by atoms with van der Waals surface area (Å²) in [5, 5.41) is 22.0. The van der Waals surface area contributed by atoms with Gasteiger partial charge in [0, 0.05) is 43.1 Å². The lowest BCUT2D eigenvalue weighted by atomic mass is 10.1. The molecule has 0 aliphatic carbocycles. The highest BCUT2D eigenvalue weighted by Crippen LogP contribution is 2.24. The summed E-state index contributed by atoms with van der Waals surface area (Å²) < 4.78 is 3.23. The molecule has 1 saturated heterocycles. The lowest BCUT2D eigenvalue weighted by Crippen LogP contribution is -2.32. The number of benzene rings is 1. The number of carbonyl (C=O) groups excluding carboxylic acids is 2. The molecule has 2 N–H and O–H groups in total. The molecule has 12 nitrogen and oxygen atoms in total. The first-order valence-electron chi connectivity index (χ1n) is 12.7. The van der Waals surface area contributed by atoms with E-state index in [1.54, 1.807) is 35.3 Å². The van der Waals surface area contributed by atoms with E-state index in [2.05, 4.69) is 36.2 Å². The van der Waals surface area contributed by atoms with Crippen LogP contribution in [0.4, 0.5) is 5.82 Å². The molecular formula is C26H29ClN10O2. The highest BCUT2D eigenvalue weighted by atomic mass is 35.5. The Morgan fingerprint density at radius 2 is 2.03 bits per heavy atom. The number of nitrogens with one attached hydrogen (secondary N) is 2. The number of nitrogens with zero attached hydrogens (tertiary/aromatic N) is 8. The largest absolute Gasteiger partial charge is 0.356 e. The van der Waals surface area contributed by atoms with Crippen LogP contribution >= 0.6 is 11.6 Å². The third-order valence-electron chi connectivity index (χ3n) is 6.72. The van der Waals surface area contributed by atoms with E-state index in [1.807, 2.05) is 26.0 Å². The molecule has 202 valence electrons. The fraction of sp³-hybridized carbons (Fsp3) is 0.346. The number of hydrogen-bond donors (Lipinski definition) is 2. The van der Waals surface area contributed by atoms with Crippen LogP contribution in [-0.2, 0) is 17.9 Å². The number of halogens is 1. The molecule has 0 saturated carbocycles. The van der Waals surface area contributed by atoms with Crippen molar-refractivity contribution in [2.45, 2.75) is 33.4 Å². The number of carbonyl (C=O) groups is 2. The topological polar surface area (TPSA) is 136 Å². The molecule has 1 fully saturated rings. The molecule has 3 aromatic heterocycles. The maximum atomic E-state index is 12.8. The second kappa shape index (κ2) is 11.6. The van der Waals surface area contributed by atoms with Crippen molar-refractivity contribution in [2.75, 3.05) is 24.5 Å². The number of aryl methyl sites for hydroxylation is 1. The normalized spacial score (nSPS) is 14.9. The van der Waals surface area contributed by atoms with E-state index >= 15 is 0 Å². The average molecular weight is 549 g/mol. The van der Waals surface area contributed by atoms with E-state index in [-0.39, 0.29) is 24.3 Å². The van der Waals surface area contributed by atoms with Crippen LogP contribution in [0.1, 0.15) is 40.5 Å². The Kier molecular flexibility index (Phi) is 7.82. The van der Waals surface area contributed by atoms with Crippen LogP contribution in [-0.4, -0.2) is 66.4 Å². The Bertz CT molecular complexity index is 1470. The van der Waals surface area contributed by atoms with Gasteiger partial charge in [-0.05, 0) is 66.1 Å². The van der Waals surface area contributed by atoms with Crippen LogP contribution in [0.2, 0.25) is 5.02 Å². The van der Waals surface area contributed by atoms with Crippen LogP contribution in [0.25, 0.3) is 5.69 Å². The molecule has 2 amide bonds. The van der Waals surface area contributed by atoms with Crippen molar-refractivity contribution in [2.24, 2.45) is 5.92 Å². The molecule has 13 heteroatoms. The molecule has 0 unspecified atom stereocenters. The Morgan fingerprint density at radius 3 is 2.79 bits per heavy atom. The minimum absolute atomic E-state index is 0.00887. The summed E-state index contributed by atoms with van der Waals surface area (Å²) in [7, 11) is 0. The quantitative estimate of drug-likeness (QED) is 0.325. The Hall–Kier alpha value is -4.32. The van der Waals surface area contributed by atoms with Gasteiger partial charge in [0.05, 0.1) is 29.9 Å². The van der Waals surface area contributed by atoms with Crippen LogP contribution in [0.3, 0.4) is 0 Å². The van der Waals surface area contributed by atoms with Gasteiger partial charge in [0.15, 0.2) is 0 Å². The minimum Gasteiger partial charge on any atom is -0.356 e. The molecule has 1 aromatic carbocycles. The monoisotopic (exact) mass is 548 g/mol. The number of tetrazole rings is 1. The van der Waals surface area contributed by atoms with Crippen LogP contribution in [0.15, 0.2) is 49.1 Å². The van der Waals surface area contributed by atoms with Crippen molar-refractivity contribution in [3.63, 3.8) is 0 Å². The van der Waals surface area contributed by atoms with Gasteiger partial charge in [0.25, 0.3) is 5.91 Å². The molecule has 1 aliphatic heterocycles. The fourth-order valence-corrected chi connectivity index (χ4v) is 4.83. The molecule has 1 atom stereocenters. The Balaban J connectivity index is 1.20. The molecule has 39 heavy (non-hydrogen) atoms. The Morgan fingerprint density at radius 1 is 1.15 bits per heavy atom. The third kappa shape index (κ3) is 6.06. The maximum absolute atomic E-state index is 12.8. The molecular weight excluding hydrogens is 520 g/mol. The van der Waals surface area contributed by atoms with Gasteiger partial charge in [-0.15, -0.1) is 5.10 Å². The standard InChI is InChI=1S/C26H29ClN10O2/c1-3-28-25(38)19-8-9-35(13-19)24-7-4-18(17(2)32-24)14-36-15-21(12-31-36)26(39)29-11-20-10-22(27)5-6-23(20)37-16-30-33-34-37/h4-7,10,12,15-16,19H,3,8-9,11,13-14H2,1-2H3,(H,28,38)(H,29,39)/t19-/m0/s1. The fourth-order valence-electron chi connectivity index (χ4n) is 4.63. The highest BCUT2D eigenvalue weighted by molar-refractivity contribution is 6.30. The molecule has 0 radical (unpaired) electrons. The van der Waals surface area contributed by atoms with Crippen molar-refractivity contribution < 1.29 is 9.59 Å². The van der Waals surface area contributed by atoms with Crippen LogP contribution in [0, 0.1) is 12.8 Å². The van der Waals surface area contributed by atoms with Gasteiger partial charge in [-0.3, -0.25) is 14.3 Å². The summed E-state index contributed by atoms with van der Waals surface area (Å²) in [6.45, 7) is 6.72. The number of aromatic nitrogens is 7. The smallest absolute Gasteiger partial charge is 0.254 e. The predicted molar refractivity (Wildman–Crippen MR) is 145 cm³/mol. The summed E-state index contributed by atoms with van der Waals surface area (Å²) in [6, 6.07) is 9.31. The molecule has 0 spiro atoms. The minimum atomic E-state index is -0.259. The van der Waals surface area contributed by atoms with E-state index < -0.39 is 0 Å². The first-order valence-corrected chi connectivity index (χ1v) is 13.1. The second-order valence-corrected chi connectivity index (χ2v) is 9.81. The number of hydrogen-bond acceptors (Lipinski definition) is 8. The number of amides is 2. The summed E-state index contributed by atoms with van der Waals surface area (Å²) in [5.74, 6) is 0.702. The molecule has 1 aliphatic rings. The summed E-state index contributed by atoms with van der Waals surface area (Å²) >= 11 is 6.17. The molecule has 4 heterocycles. The zero-order valence-electron chi connectivity index (χ0n) is 21.7. The second-order valence-electron chi connectivity index (χ2n) is 9.38. The van der Waals surface area contributed by atoms with Gasteiger partial charge in [-0.2, -0.15) is 5.10 Å². The van der Waals surface area contributed by atoms with Gasteiger partial charge in [0.1, 0.15) is 12.1 Å². The van der Waals surface area contributed by atoms with Gasteiger partial charge in [-0.25, -0.2) is 9.67 Å².